The Hall–Kier alpha value is -1.12. The van der Waals surface area contributed by atoms with Crippen molar-refractivity contribution in [2.75, 3.05) is 0 Å². The second-order valence-corrected chi connectivity index (χ2v) is 4.43. The Balaban J connectivity index is 2.24. The van der Waals surface area contributed by atoms with E-state index >= 15 is 0 Å². The van der Waals surface area contributed by atoms with Gasteiger partial charge in [-0.3, -0.25) is 9.48 Å². The van der Waals surface area contributed by atoms with Gasteiger partial charge >= 0.3 is 0 Å². The van der Waals surface area contributed by atoms with Crippen LogP contribution in [0.2, 0.25) is 0 Å². The third-order valence-corrected chi connectivity index (χ3v) is 3.48. The molecule has 1 fully saturated rings. The number of carbonyl (C=O) groups excluding carboxylic acids is 1. The Morgan fingerprint density at radius 1 is 1.60 bits per heavy atom. The fraction of sp³-hybridized carbons (Fsp3) is 0.667. The predicted octanol–water partition coefficient (Wildman–Crippen LogP) is 2.51. The van der Waals surface area contributed by atoms with Crippen LogP contribution < -0.4 is 0 Å². The lowest BCUT2D eigenvalue weighted by atomic mass is 9.82. The smallest absolute Gasteiger partial charge is 0.135 e. The SMILES string of the molecule is CCC1CCC(=O)CC1n1nccc1C. The van der Waals surface area contributed by atoms with E-state index < -0.39 is 0 Å². The van der Waals surface area contributed by atoms with Gasteiger partial charge in [0.05, 0.1) is 6.04 Å². The molecule has 0 amide bonds. The Morgan fingerprint density at radius 3 is 3.00 bits per heavy atom. The maximum Gasteiger partial charge on any atom is 0.135 e. The average Bonchev–Trinajstić information content (AvgIpc) is 2.64. The van der Waals surface area contributed by atoms with Gasteiger partial charge in [0.1, 0.15) is 5.78 Å². The molecule has 1 heterocycles. The second-order valence-electron chi connectivity index (χ2n) is 4.43. The predicted molar refractivity (Wildman–Crippen MR) is 58.6 cm³/mol. The van der Waals surface area contributed by atoms with Crippen molar-refractivity contribution in [3.05, 3.63) is 18.0 Å². The highest BCUT2D eigenvalue weighted by Crippen LogP contribution is 2.34. The summed E-state index contributed by atoms with van der Waals surface area (Å²) < 4.78 is 2.03. The first kappa shape index (κ1) is 10.4. The van der Waals surface area contributed by atoms with Crippen LogP contribution in [0.25, 0.3) is 0 Å². The summed E-state index contributed by atoms with van der Waals surface area (Å²) in [5.41, 5.74) is 1.16. The summed E-state index contributed by atoms with van der Waals surface area (Å²) in [5, 5.41) is 4.34. The summed E-state index contributed by atoms with van der Waals surface area (Å²) in [6, 6.07) is 2.30. The third-order valence-electron chi connectivity index (χ3n) is 3.48. The summed E-state index contributed by atoms with van der Waals surface area (Å²) in [6.45, 7) is 4.26. The third kappa shape index (κ3) is 1.96. The molecule has 2 unspecified atom stereocenters. The summed E-state index contributed by atoms with van der Waals surface area (Å²) in [7, 11) is 0. The molecular formula is C12H18N2O. The molecule has 2 rings (SSSR count). The number of hydrogen-bond acceptors (Lipinski definition) is 2. The first-order valence-electron chi connectivity index (χ1n) is 5.74. The molecule has 2 atom stereocenters. The van der Waals surface area contributed by atoms with Gasteiger partial charge in [-0.05, 0) is 25.3 Å². The molecule has 0 bridgehead atoms. The average molecular weight is 206 g/mol. The zero-order chi connectivity index (χ0) is 10.8. The lowest BCUT2D eigenvalue weighted by Gasteiger charge is -2.31. The highest BCUT2D eigenvalue weighted by atomic mass is 16.1. The van der Waals surface area contributed by atoms with E-state index in [9.17, 15) is 4.79 Å². The number of nitrogens with zero attached hydrogens (tertiary/aromatic N) is 2. The zero-order valence-corrected chi connectivity index (χ0v) is 9.44. The van der Waals surface area contributed by atoms with Crippen LogP contribution in [0.15, 0.2) is 12.3 Å². The standard InChI is InChI=1S/C12H18N2O/c1-3-10-4-5-11(15)8-12(10)14-9(2)6-7-13-14/h6-7,10,12H,3-5,8H2,1-2H3. The van der Waals surface area contributed by atoms with Gasteiger partial charge < -0.3 is 0 Å². The number of aryl methyl sites for hydroxylation is 1. The molecule has 1 aliphatic carbocycles. The van der Waals surface area contributed by atoms with Crippen LogP contribution >= 0.6 is 0 Å². The van der Waals surface area contributed by atoms with Gasteiger partial charge in [0, 0.05) is 24.7 Å². The molecule has 1 aliphatic rings. The van der Waals surface area contributed by atoms with Gasteiger partial charge in [-0.2, -0.15) is 5.10 Å². The first-order valence-corrected chi connectivity index (χ1v) is 5.74. The number of hydrogen-bond donors (Lipinski definition) is 0. The number of rotatable bonds is 2. The fourth-order valence-electron chi connectivity index (χ4n) is 2.53. The van der Waals surface area contributed by atoms with Crippen molar-refractivity contribution in [3.63, 3.8) is 0 Å². The Morgan fingerprint density at radius 2 is 2.40 bits per heavy atom. The molecule has 1 aromatic rings. The lowest BCUT2D eigenvalue weighted by Crippen LogP contribution is -2.28. The molecule has 3 heteroatoms. The van der Waals surface area contributed by atoms with E-state index in [1.807, 2.05) is 16.9 Å². The maximum absolute atomic E-state index is 11.5. The lowest BCUT2D eigenvalue weighted by molar-refractivity contribution is -0.122. The van der Waals surface area contributed by atoms with Crippen LogP contribution in [0.3, 0.4) is 0 Å². The van der Waals surface area contributed by atoms with Crippen molar-refractivity contribution in [1.29, 1.82) is 0 Å². The zero-order valence-electron chi connectivity index (χ0n) is 9.44. The first-order chi connectivity index (χ1) is 7.22. The van der Waals surface area contributed by atoms with Crippen LogP contribution in [0.5, 0.6) is 0 Å². The van der Waals surface area contributed by atoms with Crippen LogP contribution in [-0.4, -0.2) is 15.6 Å². The molecule has 1 aromatic heterocycles. The van der Waals surface area contributed by atoms with E-state index in [0.29, 0.717) is 24.2 Å². The quantitative estimate of drug-likeness (QED) is 0.745. The van der Waals surface area contributed by atoms with Crippen LogP contribution in [0, 0.1) is 12.8 Å². The normalized spacial score (nSPS) is 26.9. The molecule has 82 valence electrons. The topological polar surface area (TPSA) is 34.9 Å². The highest BCUT2D eigenvalue weighted by molar-refractivity contribution is 5.79. The summed E-state index contributed by atoms with van der Waals surface area (Å²) in [4.78, 5) is 11.5. The summed E-state index contributed by atoms with van der Waals surface area (Å²) in [6.07, 6.45) is 5.41. The fourth-order valence-corrected chi connectivity index (χ4v) is 2.53. The van der Waals surface area contributed by atoms with E-state index in [1.165, 1.54) is 0 Å². The van der Waals surface area contributed by atoms with Gasteiger partial charge in [0.25, 0.3) is 0 Å². The molecule has 15 heavy (non-hydrogen) atoms. The minimum Gasteiger partial charge on any atom is -0.300 e. The number of ketones is 1. The maximum atomic E-state index is 11.5. The van der Waals surface area contributed by atoms with Crippen LogP contribution in [-0.2, 0) is 4.79 Å². The number of aromatic nitrogens is 2. The Kier molecular flexibility index (Phi) is 2.89. The molecule has 0 aromatic carbocycles. The van der Waals surface area contributed by atoms with Crippen molar-refractivity contribution in [2.45, 2.75) is 45.6 Å². The van der Waals surface area contributed by atoms with E-state index in [1.54, 1.807) is 0 Å². The molecule has 0 N–H and O–H groups in total. The molecule has 0 spiro atoms. The molecule has 0 saturated heterocycles. The molecular weight excluding hydrogens is 188 g/mol. The van der Waals surface area contributed by atoms with E-state index in [0.717, 1.165) is 25.0 Å². The van der Waals surface area contributed by atoms with Gasteiger partial charge in [0.15, 0.2) is 0 Å². The minimum atomic E-state index is 0.297. The highest BCUT2D eigenvalue weighted by Gasteiger charge is 2.30. The van der Waals surface area contributed by atoms with E-state index in [-0.39, 0.29) is 0 Å². The van der Waals surface area contributed by atoms with Crippen LogP contribution in [0.4, 0.5) is 0 Å². The van der Waals surface area contributed by atoms with Crippen molar-refractivity contribution < 1.29 is 4.79 Å². The van der Waals surface area contributed by atoms with E-state index in [2.05, 4.69) is 18.9 Å². The van der Waals surface area contributed by atoms with Crippen LogP contribution in [0.1, 0.15) is 44.3 Å². The molecule has 1 saturated carbocycles. The minimum absolute atomic E-state index is 0.297. The van der Waals surface area contributed by atoms with Gasteiger partial charge in [-0.25, -0.2) is 0 Å². The molecule has 0 aliphatic heterocycles. The molecule has 0 radical (unpaired) electrons. The number of carbonyl (C=O) groups is 1. The van der Waals surface area contributed by atoms with E-state index in [4.69, 9.17) is 0 Å². The largest absolute Gasteiger partial charge is 0.300 e. The van der Waals surface area contributed by atoms with Crippen molar-refractivity contribution in [2.24, 2.45) is 5.92 Å². The Labute approximate surface area is 90.5 Å². The van der Waals surface area contributed by atoms with Crippen molar-refractivity contribution >= 4 is 5.78 Å². The van der Waals surface area contributed by atoms with Gasteiger partial charge in [-0.15, -0.1) is 0 Å². The second kappa shape index (κ2) is 4.17. The van der Waals surface area contributed by atoms with Crippen molar-refractivity contribution in [1.82, 2.24) is 9.78 Å². The Bertz CT molecular complexity index is 356. The summed E-state index contributed by atoms with van der Waals surface area (Å²) in [5.74, 6) is 1.00. The van der Waals surface area contributed by atoms with Gasteiger partial charge in [0.2, 0.25) is 0 Å². The monoisotopic (exact) mass is 206 g/mol. The summed E-state index contributed by atoms with van der Waals surface area (Å²) >= 11 is 0. The van der Waals surface area contributed by atoms with Gasteiger partial charge in [-0.1, -0.05) is 13.3 Å². The molecule has 3 nitrogen and oxygen atoms in total. The number of Topliss-reactive ketones (excluding diaryl/α,β-unsaturated/α-hetero) is 1. The van der Waals surface area contributed by atoms with Crippen molar-refractivity contribution in [3.8, 4) is 0 Å².